The maximum atomic E-state index is 10.6. The Hall–Kier alpha value is -1.00. The van der Waals surface area contributed by atoms with E-state index in [0.717, 1.165) is 5.56 Å². The van der Waals surface area contributed by atoms with Crippen molar-refractivity contribution in [2.45, 2.75) is 24.4 Å². The van der Waals surface area contributed by atoms with E-state index in [2.05, 4.69) is 5.32 Å². The van der Waals surface area contributed by atoms with Gasteiger partial charge >= 0.3 is 5.97 Å². The van der Waals surface area contributed by atoms with E-state index in [1.807, 2.05) is 30.5 Å². The van der Waals surface area contributed by atoms with Crippen LogP contribution in [0, 0.1) is 0 Å². The van der Waals surface area contributed by atoms with Crippen molar-refractivity contribution in [3.63, 3.8) is 0 Å². The average Bonchev–Trinajstić information content (AvgIpc) is 2.26. The van der Waals surface area contributed by atoms with Gasteiger partial charge in [-0.2, -0.15) is 0 Å². The highest BCUT2D eigenvalue weighted by Crippen LogP contribution is 2.14. The molecule has 4 heteroatoms. The summed E-state index contributed by atoms with van der Waals surface area (Å²) >= 11 is 1.69. The fraction of sp³-hybridized carbons (Fsp3) is 0.364. The lowest BCUT2D eigenvalue weighted by molar-refractivity contribution is -0.139. The number of hydrogen-bond acceptors (Lipinski definition) is 3. The molecular formula is C11H15NO2S. The predicted octanol–water partition coefficient (Wildman–Crippen LogP) is 1.97. The van der Waals surface area contributed by atoms with Crippen LogP contribution in [0.2, 0.25) is 0 Å². The zero-order valence-corrected chi connectivity index (χ0v) is 9.67. The molecule has 0 amide bonds. The minimum atomic E-state index is -0.823. The molecule has 0 aromatic heterocycles. The summed E-state index contributed by atoms with van der Waals surface area (Å²) in [5.74, 6) is -0.823. The average molecular weight is 225 g/mol. The predicted molar refractivity (Wildman–Crippen MR) is 62.2 cm³/mol. The molecule has 2 N–H and O–H groups in total. The highest BCUT2D eigenvalue weighted by atomic mass is 32.2. The molecule has 1 aromatic rings. The molecule has 1 unspecified atom stereocenters. The van der Waals surface area contributed by atoms with Crippen molar-refractivity contribution in [1.82, 2.24) is 5.32 Å². The third-order valence-corrected chi connectivity index (χ3v) is 2.89. The summed E-state index contributed by atoms with van der Waals surface area (Å²) in [4.78, 5) is 11.8. The molecule has 0 radical (unpaired) electrons. The van der Waals surface area contributed by atoms with E-state index in [9.17, 15) is 4.79 Å². The second kappa shape index (κ2) is 5.78. The number of nitrogens with one attached hydrogen (secondary N) is 1. The standard InChI is InChI=1S/C11H15NO2S/c1-8(11(13)14)12-7-9-3-5-10(15-2)6-4-9/h3-6,8,12H,7H2,1-2H3,(H,13,14). The van der Waals surface area contributed by atoms with Gasteiger partial charge in [0.05, 0.1) is 0 Å². The van der Waals surface area contributed by atoms with Crippen molar-refractivity contribution < 1.29 is 9.90 Å². The van der Waals surface area contributed by atoms with Crippen LogP contribution in [0.3, 0.4) is 0 Å². The van der Waals surface area contributed by atoms with Gasteiger partial charge in [-0.15, -0.1) is 11.8 Å². The Kier molecular flexibility index (Phi) is 4.65. The van der Waals surface area contributed by atoms with Crippen molar-refractivity contribution in [3.05, 3.63) is 29.8 Å². The van der Waals surface area contributed by atoms with Crippen molar-refractivity contribution >= 4 is 17.7 Å². The Morgan fingerprint density at radius 1 is 1.47 bits per heavy atom. The molecule has 1 aromatic carbocycles. The number of carbonyl (C=O) groups is 1. The largest absolute Gasteiger partial charge is 0.480 e. The van der Waals surface area contributed by atoms with E-state index in [1.165, 1.54) is 4.90 Å². The van der Waals surface area contributed by atoms with E-state index in [1.54, 1.807) is 18.7 Å². The number of carboxylic acid groups (broad SMARTS) is 1. The fourth-order valence-corrected chi connectivity index (χ4v) is 1.51. The third kappa shape index (κ3) is 3.93. The zero-order chi connectivity index (χ0) is 11.3. The molecule has 0 aliphatic heterocycles. The lowest BCUT2D eigenvalue weighted by Crippen LogP contribution is -2.33. The van der Waals surface area contributed by atoms with E-state index >= 15 is 0 Å². The van der Waals surface area contributed by atoms with Gasteiger partial charge in [0.2, 0.25) is 0 Å². The van der Waals surface area contributed by atoms with Crippen LogP contribution < -0.4 is 5.32 Å². The van der Waals surface area contributed by atoms with Crippen LogP contribution in [-0.2, 0) is 11.3 Å². The number of rotatable bonds is 5. The highest BCUT2D eigenvalue weighted by Gasteiger charge is 2.08. The van der Waals surface area contributed by atoms with Gasteiger partial charge in [-0.25, -0.2) is 0 Å². The van der Waals surface area contributed by atoms with Crippen molar-refractivity contribution in [1.29, 1.82) is 0 Å². The van der Waals surface area contributed by atoms with Crippen molar-refractivity contribution in [2.75, 3.05) is 6.26 Å². The number of thioether (sulfide) groups is 1. The molecule has 0 bridgehead atoms. The Bertz CT molecular complexity index is 324. The topological polar surface area (TPSA) is 49.3 Å². The minimum absolute atomic E-state index is 0.509. The summed E-state index contributed by atoms with van der Waals surface area (Å²) in [5, 5.41) is 11.6. The van der Waals surface area contributed by atoms with Gasteiger partial charge in [-0.3, -0.25) is 4.79 Å². The van der Waals surface area contributed by atoms with Crippen molar-refractivity contribution in [2.24, 2.45) is 0 Å². The first kappa shape index (κ1) is 12.1. The van der Waals surface area contributed by atoms with E-state index < -0.39 is 12.0 Å². The maximum absolute atomic E-state index is 10.6. The maximum Gasteiger partial charge on any atom is 0.320 e. The van der Waals surface area contributed by atoms with Gasteiger partial charge in [0, 0.05) is 11.4 Å². The Morgan fingerprint density at radius 2 is 2.07 bits per heavy atom. The zero-order valence-electron chi connectivity index (χ0n) is 8.86. The number of hydrogen-bond donors (Lipinski definition) is 2. The monoisotopic (exact) mass is 225 g/mol. The van der Waals surface area contributed by atoms with Gasteiger partial charge in [0.25, 0.3) is 0 Å². The summed E-state index contributed by atoms with van der Waals surface area (Å²) in [6.45, 7) is 2.22. The molecule has 0 heterocycles. The van der Waals surface area contributed by atoms with Gasteiger partial charge < -0.3 is 10.4 Å². The normalized spacial score (nSPS) is 12.4. The van der Waals surface area contributed by atoms with Gasteiger partial charge in [0.15, 0.2) is 0 Å². The smallest absolute Gasteiger partial charge is 0.320 e. The molecule has 0 fully saturated rings. The molecule has 1 rings (SSSR count). The molecule has 0 aliphatic carbocycles. The molecule has 15 heavy (non-hydrogen) atoms. The van der Waals surface area contributed by atoms with Crippen LogP contribution in [0.5, 0.6) is 0 Å². The van der Waals surface area contributed by atoms with E-state index in [4.69, 9.17) is 5.11 Å². The lowest BCUT2D eigenvalue weighted by atomic mass is 10.2. The molecule has 1 atom stereocenters. The van der Waals surface area contributed by atoms with Crippen LogP contribution in [0.25, 0.3) is 0 Å². The second-order valence-corrected chi connectivity index (χ2v) is 4.17. The Labute approximate surface area is 93.9 Å². The Balaban J connectivity index is 2.47. The third-order valence-electron chi connectivity index (χ3n) is 2.14. The quantitative estimate of drug-likeness (QED) is 0.752. The summed E-state index contributed by atoms with van der Waals surface area (Å²) in [7, 11) is 0. The molecule has 0 saturated heterocycles. The number of carboxylic acids is 1. The fourth-order valence-electron chi connectivity index (χ4n) is 1.10. The molecule has 0 spiro atoms. The first-order chi connectivity index (χ1) is 7.13. The van der Waals surface area contributed by atoms with Crippen LogP contribution >= 0.6 is 11.8 Å². The Morgan fingerprint density at radius 3 is 2.53 bits per heavy atom. The molecular weight excluding hydrogens is 210 g/mol. The summed E-state index contributed by atoms with van der Waals surface area (Å²) in [6, 6.07) is 7.58. The summed E-state index contributed by atoms with van der Waals surface area (Å²) in [6.07, 6.45) is 2.03. The van der Waals surface area contributed by atoms with Gasteiger partial charge in [0.1, 0.15) is 6.04 Å². The van der Waals surface area contributed by atoms with Crippen LogP contribution in [0.1, 0.15) is 12.5 Å². The number of benzene rings is 1. The minimum Gasteiger partial charge on any atom is -0.480 e. The summed E-state index contributed by atoms with van der Waals surface area (Å²) in [5.41, 5.74) is 1.10. The van der Waals surface area contributed by atoms with Crippen LogP contribution in [0.15, 0.2) is 29.2 Å². The van der Waals surface area contributed by atoms with Crippen LogP contribution in [0.4, 0.5) is 0 Å². The second-order valence-electron chi connectivity index (χ2n) is 3.29. The van der Waals surface area contributed by atoms with E-state index in [0.29, 0.717) is 6.54 Å². The molecule has 0 aliphatic rings. The highest BCUT2D eigenvalue weighted by molar-refractivity contribution is 7.98. The number of aliphatic carboxylic acids is 1. The van der Waals surface area contributed by atoms with E-state index in [-0.39, 0.29) is 0 Å². The lowest BCUT2D eigenvalue weighted by Gasteiger charge is -2.09. The first-order valence-corrected chi connectivity index (χ1v) is 5.95. The molecule has 82 valence electrons. The SMILES string of the molecule is CSc1ccc(CNC(C)C(=O)O)cc1. The van der Waals surface area contributed by atoms with Crippen LogP contribution in [-0.4, -0.2) is 23.4 Å². The summed E-state index contributed by atoms with van der Waals surface area (Å²) < 4.78 is 0. The van der Waals surface area contributed by atoms with Gasteiger partial charge in [-0.05, 0) is 30.9 Å². The van der Waals surface area contributed by atoms with Crippen molar-refractivity contribution in [3.8, 4) is 0 Å². The van der Waals surface area contributed by atoms with Gasteiger partial charge in [-0.1, -0.05) is 12.1 Å². The molecule has 3 nitrogen and oxygen atoms in total. The molecule has 0 saturated carbocycles. The first-order valence-electron chi connectivity index (χ1n) is 4.72.